The highest BCUT2D eigenvalue weighted by Gasteiger charge is 2.33. The molecular formula is C22H34N2O3S. The summed E-state index contributed by atoms with van der Waals surface area (Å²) in [7, 11) is -3.49. The Morgan fingerprint density at radius 1 is 1.04 bits per heavy atom. The lowest BCUT2D eigenvalue weighted by atomic mass is 9.84. The number of amides is 1. The summed E-state index contributed by atoms with van der Waals surface area (Å²) in [6.45, 7) is 6.97. The molecule has 156 valence electrons. The maximum atomic E-state index is 12.9. The Balaban J connectivity index is 1.53. The van der Waals surface area contributed by atoms with Crippen molar-refractivity contribution in [3.63, 3.8) is 0 Å². The molecule has 1 N–H and O–H groups in total. The average molecular weight is 407 g/mol. The lowest BCUT2D eigenvalue weighted by molar-refractivity contribution is -0.127. The molecule has 0 aromatic heterocycles. The van der Waals surface area contributed by atoms with Crippen molar-refractivity contribution in [3.05, 3.63) is 29.3 Å². The van der Waals surface area contributed by atoms with E-state index in [0.29, 0.717) is 36.9 Å². The zero-order chi connectivity index (χ0) is 20.3. The van der Waals surface area contributed by atoms with Gasteiger partial charge in [-0.3, -0.25) is 4.79 Å². The Labute approximate surface area is 169 Å². The predicted molar refractivity (Wildman–Crippen MR) is 112 cm³/mol. The molecule has 1 aliphatic carbocycles. The summed E-state index contributed by atoms with van der Waals surface area (Å²) in [5.74, 6) is 0.852. The van der Waals surface area contributed by atoms with Crippen LogP contribution < -0.4 is 5.32 Å². The highest BCUT2D eigenvalue weighted by atomic mass is 32.2. The third-order valence-electron chi connectivity index (χ3n) is 6.71. The quantitative estimate of drug-likeness (QED) is 0.809. The third-order valence-corrected chi connectivity index (χ3v) is 8.61. The largest absolute Gasteiger partial charge is 0.353 e. The van der Waals surface area contributed by atoms with E-state index in [1.54, 1.807) is 12.1 Å². The van der Waals surface area contributed by atoms with Crippen LogP contribution in [0, 0.1) is 25.7 Å². The fourth-order valence-corrected chi connectivity index (χ4v) is 5.97. The summed E-state index contributed by atoms with van der Waals surface area (Å²) in [4.78, 5) is 13.0. The summed E-state index contributed by atoms with van der Waals surface area (Å²) in [5, 5.41) is 3.23. The first-order valence-corrected chi connectivity index (χ1v) is 12.1. The molecule has 1 aliphatic heterocycles. The van der Waals surface area contributed by atoms with Crippen molar-refractivity contribution < 1.29 is 13.2 Å². The predicted octanol–water partition coefficient (Wildman–Crippen LogP) is 3.79. The van der Waals surface area contributed by atoms with E-state index >= 15 is 0 Å². The van der Waals surface area contributed by atoms with E-state index in [1.807, 2.05) is 19.9 Å². The number of carbonyl (C=O) groups excluding carboxylic acids is 1. The minimum Gasteiger partial charge on any atom is -0.353 e. The second-order valence-electron chi connectivity index (χ2n) is 8.56. The molecule has 1 aromatic rings. The molecule has 6 heteroatoms. The summed E-state index contributed by atoms with van der Waals surface area (Å²) >= 11 is 0. The fraction of sp³-hybridized carbons (Fsp3) is 0.682. The lowest BCUT2D eigenvalue weighted by Gasteiger charge is -2.33. The minimum absolute atomic E-state index is 0.0740. The van der Waals surface area contributed by atoms with E-state index < -0.39 is 10.0 Å². The van der Waals surface area contributed by atoms with Crippen molar-refractivity contribution in [3.8, 4) is 0 Å². The van der Waals surface area contributed by atoms with Crippen LogP contribution in [0.1, 0.15) is 63.0 Å². The summed E-state index contributed by atoms with van der Waals surface area (Å²) in [6.07, 6.45) is 6.98. The molecule has 2 aliphatic rings. The molecule has 2 fully saturated rings. The summed E-state index contributed by atoms with van der Waals surface area (Å²) in [5.41, 5.74) is 2.07. The lowest BCUT2D eigenvalue weighted by Crippen LogP contribution is -2.46. The first-order valence-electron chi connectivity index (χ1n) is 10.7. The van der Waals surface area contributed by atoms with E-state index in [-0.39, 0.29) is 11.8 Å². The fourth-order valence-electron chi connectivity index (χ4n) is 4.42. The Morgan fingerprint density at radius 3 is 2.25 bits per heavy atom. The van der Waals surface area contributed by atoms with Crippen molar-refractivity contribution in [2.24, 2.45) is 11.8 Å². The molecule has 0 radical (unpaired) electrons. The van der Waals surface area contributed by atoms with E-state index in [0.717, 1.165) is 29.9 Å². The van der Waals surface area contributed by atoms with E-state index in [2.05, 4.69) is 12.2 Å². The number of sulfonamides is 1. The Morgan fingerprint density at radius 2 is 1.68 bits per heavy atom. The number of aryl methyl sites for hydroxylation is 2. The van der Waals surface area contributed by atoms with Gasteiger partial charge in [-0.1, -0.05) is 19.4 Å². The van der Waals surface area contributed by atoms with Gasteiger partial charge in [-0.05, 0) is 81.5 Å². The van der Waals surface area contributed by atoms with Crippen molar-refractivity contribution in [2.45, 2.75) is 76.7 Å². The molecule has 1 saturated carbocycles. The van der Waals surface area contributed by atoms with Gasteiger partial charge in [0.1, 0.15) is 0 Å². The molecule has 5 nitrogen and oxygen atoms in total. The second-order valence-corrected chi connectivity index (χ2v) is 10.5. The second kappa shape index (κ2) is 8.95. The highest BCUT2D eigenvalue weighted by Crippen LogP contribution is 2.28. The van der Waals surface area contributed by atoms with Crippen LogP contribution in [0.2, 0.25) is 0 Å². The summed E-state index contributed by atoms with van der Waals surface area (Å²) in [6, 6.07) is 5.59. The van der Waals surface area contributed by atoms with Gasteiger partial charge in [0.25, 0.3) is 0 Å². The molecule has 3 rings (SSSR count). The van der Waals surface area contributed by atoms with E-state index in [9.17, 15) is 13.2 Å². The van der Waals surface area contributed by atoms with Crippen molar-refractivity contribution in [1.82, 2.24) is 9.62 Å². The first kappa shape index (κ1) is 21.3. The molecule has 1 amide bonds. The van der Waals surface area contributed by atoms with Gasteiger partial charge in [0.05, 0.1) is 4.90 Å². The van der Waals surface area contributed by atoms with Gasteiger partial charge in [0.2, 0.25) is 15.9 Å². The smallest absolute Gasteiger partial charge is 0.243 e. The van der Waals surface area contributed by atoms with Crippen LogP contribution in [0.3, 0.4) is 0 Å². The highest BCUT2D eigenvalue weighted by molar-refractivity contribution is 7.89. The molecule has 1 aromatic carbocycles. The van der Waals surface area contributed by atoms with Crippen LogP contribution in [-0.2, 0) is 14.8 Å². The average Bonchev–Trinajstić information content (AvgIpc) is 2.70. The number of benzene rings is 1. The third kappa shape index (κ3) is 4.77. The van der Waals surface area contributed by atoms with E-state index in [4.69, 9.17) is 0 Å². The zero-order valence-corrected chi connectivity index (χ0v) is 18.2. The van der Waals surface area contributed by atoms with Crippen molar-refractivity contribution in [2.75, 3.05) is 13.1 Å². The molecular weight excluding hydrogens is 372 g/mol. The van der Waals surface area contributed by atoms with Crippen LogP contribution in [0.4, 0.5) is 0 Å². The Kier molecular flexibility index (Phi) is 6.81. The molecule has 0 atom stereocenters. The van der Waals surface area contributed by atoms with Crippen LogP contribution in [0.5, 0.6) is 0 Å². The molecule has 1 saturated heterocycles. The molecule has 28 heavy (non-hydrogen) atoms. The number of carbonyl (C=O) groups is 1. The van der Waals surface area contributed by atoms with Crippen LogP contribution in [0.25, 0.3) is 0 Å². The summed E-state index contributed by atoms with van der Waals surface area (Å²) < 4.78 is 27.4. The number of hydrogen-bond acceptors (Lipinski definition) is 3. The number of hydrogen-bond donors (Lipinski definition) is 1. The van der Waals surface area contributed by atoms with Crippen LogP contribution in [-0.4, -0.2) is 37.8 Å². The van der Waals surface area contributed by atoms with E-state index in [1.165, 1.54) is 23.6 Å². The first-order chi connectivity index (χ1) is 13.3. The zero-order valence-electron chi connectivity index (χ0n) is 17.4. The number of piperidine rings is 1. The Bertz CT molecular complexity index is 790. The monoisotopic (exact) mass is 406 g/mol. The Hall–Kier alpha value is -1.40. The van der Waals surface area contributed by atoms with Gasteiger partial charge in [-0.25, -0.2) is 8.42 Å². The van der Waals surface area contributed by atoms with Gasteiger partial charge in [0.15, 0.2) is 0 Å². The molecule has 1 heterocycles. The van der Waals surface area contributed by atoms with Crippen LogP contribution in [0.15, 0.2) is 23.1 Å². The van der Waals surface area contributed by atoms with Crippen molar-refractivity contribution in [1.29, 1.82) is 0 Å². The van der Waals surface area contributed by atoms with Gasteiger partial charge in [-0.2, -0.15) is 4.31 Å². The molecule has 0 spiro atoms. The van der Waals surface area contributed by atoms with Gasteiger partial charge < -0.3 is 5.32 Å². The van der Waals surface area contributed by atoms with Crippen molar-refractivity contribution >= 4 is 15.9 Å². The topological polar surface area (TPSA) is 66.5 Å². The maximum Gasteiger partial charge on any atom is 0.243 e. The normalized spacial score (nSPS) is 24.8. The minimum atomic E-state index is -3.49. The van der Waals surface area contributed by atoms with Gasteiger partial charge >= 0.3 is 0 Å². The maximum absolute atomic E-state index is 12.9. The van der Waals surface area contributed by atoms with Crippen LogP contribution >= 0.6 is 0 Å². The number of nitrogens with zero attached hydrogens (tertiary/aromatic N) is 1. The SMILES string of the molecule is CCC1CCC(NC(=O)C2CCN(S(=O)(=O)c3ccc(C)c(C)c3)CC2)CC1. The van der Waals surface area contributed by atoms with Gasteiger partial charge in [0, 0.05) is 25.0 Å². The van der Waals surface area contributed by atoms with Gasteiger partial charge in [-0.15, -0.1) is 0 Å². The number of rotatable bonds is 5. The molecule has 0 bridgehead atoms. The standard InChI is InChI=1S/C22H34N2O3S/c1-4-18-6-8-20(9-7-18)23-22(25)19-11-13-24(14-12-19)28(26,27)21-10-5-16(2)17(3)15-21/h5,10,15,18-20H,4,6-9,11-14H2,1-3H3,(H,23,25). The molecule has 0 unspecified atom stereocenters. The number of nitrogens with one attached hydrogen (secondary N) is 1.